The van der Waals surface area contributed by atoms with Crippen LogP contribution in [0.2, 0.25) is 0 Å². The molecule has 7 unspecified atom stereocenters. The second-order valence-electron chi connectivity index (χ2n) is 10.9. The summed E-state index contributed by atoms with van der Waals surface area (Å²) in [5, 5.41) is 0. The lowest BCUT2D eigenvalue weighted by Crippen LogP contribution is -2.53. The van der Waals surface area contributed by atoms with Gasteiger partial charge in [0.25, 0.3) is 0 Å². The van der Waals surface area contributed by atoms with E-state index in [2.05, 4.69) is 27.7 Å². The van der Waals surface area contributed by atoms with Crippen LogP contribution in [0.3, 0.4) is 0 Å². The zero-order valence-electron chi connectivity index (χ0n) is 17.2. The third kappa shape index (κ3) is 2.66. The van der Waals surface area contributed by atoms with Crippen LogP contribution in [-0.2, 0) is 4.79 Å². The van der Waals surface area contributed by atoms with Crippen molar-refractivity contribution in [2.24, 2.45) is 46.3 Å². The second-order valence-corrected chi connectivity index (χ2v) is 10.9. The van der Waals surface area contributed by atoms with E-state index in [0.717, 1.165) is 42.4 Å². The van der Waals surface area contributed by atoms with Gasteiger partial charge in [0.15, 0.2) is 0 Å². The SMILES string of the molecule is CCCC(C)C1CCC2C3CC[C@@H]4CC(=O)CCC4(C)C3CCC12C. The molecule has 0 bridgehead atoms. The molecule has 4 saturated carbocycles. The van der Waals surface area contributed by atoms with Crippen LogP contribution in [0.4, 0.5) is 0 Å². The second kappa shape index (κ2) is 6.38. The molecule has 0 radical (unpaired) electrons. The average Bonchev–Trinajstić information content (AvgIpc) is 2.93. The number of carbonyl (C=O) groups excluding carboxylic acids is 1. The van der Waals surface area contributed by atoms with E-state index in [4.69, 9.17) is 0 Å². The smallest absolute Gasteiger partial charge is 0.133 e. The van der Waals surface area contributed by atoms with E-state index in [1.807, 2.05) is 0 Å². The van der Waals surface area contributed by atoms with Gasteiger partial charge in [0, 0.05) is 12.8 Å². The van der Waals surface area contributed by atoms with Crippen molar-refractivity contribution in [1.29, 1.82) is 0 Å². The lowest BCUT2D eigenvalue weighted by Gasteiger charge is -2.60. The molecule has 0 aromatic rings. The Bertz CT molecular complexity index is 524. The minimum Gasteiger partial charge on any atom is -0.300 e. The molecule has 0 amide bonds. The van der Waals surface area contributed by atoms with Crippen LogP contribution in [-0.4, -0.2) is 5.78 Å². The molecule has 0 saturated heterocycles. The zero-order valence-corrected chi connectivity index (χ0v) is 17.2. The predicted octanol–water partition coefficient (Wildman–Crippen LogP) is 6.65. The molecule has 0 heterocycles. The van der Waals surface area contributed by atoms with Gasteiger partial charge in [0.1, 0.15) is 5.78 Å². The summed E-state index contributed by atoms with van der Waals surface area (Å²) in [7, 11) is 0. The Kier molecular flexibility index (Phi) is 4.61. The van der Waals surface area contributed by atoms with Gasteiger partial charge < -0.3 is 0 Å². The van der Waals surface area contributed by atoms with E-state index in [-0.39, 0.29) is 0 Å². The first-order valence-electron chi connectivity index (χ1n) is 11.4. The van der Waals surface area contributed by atoms with E-state index >= 15 is 0 Å². The Hall–Kier alpha value is -0.330. The number of hydrogen-bond donors (Lipinski definition) is 0. The number of rotatable bonds is 3. The van der Waals surface area contributed by atoms with Crippen LogP contribution in [0.25, 0.3) is 0 Å². The Morgan fingerprint density at radius 1 is 1.00 bits per heavy atom. The molecule has 4 aliphatic rings. The van der Waals surface area contributed by atoms with E-state index in [9.17, 15) is 4.79 Å². The van der Waals surface area contributed by atoms with Gasteiger partial charge >= 0.3 is 0 Å². The first kappa shape index (κ1) is 18.1. The van der Waals surface area contributed by atoms with Gasteiger partial charge in [-0.3, -0.25) is 4.79 Å². The zero-order chi connectivity index (χ0) is 17.8. The lowest BCUT2D eigenvalue weighted by molar-refractivity contribution is -0.140. The van der Waals surface area contributed by atoms with Crippen LogP contribution in [0.1, 0.15) is 98.3 Å². The highest BCUT2D eigenvalue weighted by Crippen LogP contribution is 2.68. The molecule has 4 fully saturated rings. The standard InChI is InChI=1S/C24H40O/c1-5-6-16(2)20-9-10-21-19-8-7-17-15-18(25)11-13-23(17,3)22(19)12-14-24(20,21)4/h16-17,19-22H,5-15H2,1-4H3/t16?,17-,19?,20?,21?,22?,23?,24?/m1/s1. The summed E-state index contributed by atoms with van der Waals surface area (Å²) in [6.45, 7) is 10.2. The minimum atomic E-state index is 0.477. The van der Waals surface area contributed by atoms with Crippen molar-refractivity contribution in [1.82, 2.24) is 0 Å². The number of fused-ring (bicyclic) bond motifs is 5. The van der Waals surface area contributed by atoms with E-state index in [1.54, 1.807) is 0 Å². The van der Waals surface area contributed by atoms with Gasteiger partial charge in [-0.2, -0.15) is 0 Å². The molecule has 1 heteroatoms. The van der Waals surface area contributed by atoms with E-state index in [1.165, 1.54) is 57.8 Å². The third-order valence-electron chi connectivity index (χ3n) is 9.99. The highest BCUT2D eigenvalue weighted by Gasteiger charge is 2.60. The van der Waals surface area contributed by atoms with Crippen molar-refractivity contribution in [3.63, 3.8) is 0 Å². The molecule has 0 spiro atoms. The highest BCUT2D eigenvalue weighted by atomic mass is 16.1. The largest absolute Gasteiger partial charge is 0.300 e. The van der Waals surface area contributed by atoms with Crippen LogP contribution in [0.5, 0.6) is 0 Å². The number of ketones is 1. The van der Waals surface area contributed by atoms with Crippen LogP contribution < -0.4 is 0 Å². The molecular formula is C24H40O. The lowest BCUT2D eigenvalue weighted by atomic mass is 9.44. The van der Waals surface area contributed by atoms with Gasteiger partial charge in [-0.1, -0.05) is 40.5 Å². The van der Waals surface area contributed by atoms with Crippen molar-refractivity contribution < 1.29 is 4.79 Å². The molecule has 0 aliphatic heterocycles. The topological polar surface area (TPSA) is 17.1 Å². The molecule has 4 rings (SSSR count). The maximum atomic E-state index is 12.0. The fraction of sp³-hybridized carbons (Fsp3) is 0.958. The average molecular weight is 345 g/mol. The van der Waals surface area contributed by atoms with Gasteiger partial charge in [0.05, 0.1) is 0 Å². The molecule has 0 aromatic carbocycles. The third-order valence-corrected chi connectivity index (χ3v) is 9.99. The van der Waals surface area contributed by atoms with Crippen molar-refractivity contribution in [3.05, 3.63) is 0 Å². The quantitative estimate of drug-likeness (QED) is 0.560. The van der Waals surface area contributed by atoms with Crippen molar-refractivity contribution >= 4 is 5.78 Å². The molecule has 8 atom stereocenters. The first-order valence-corrected chi connectivity index (χ1v) is 11.4. The van der Waals surface area contributed by atoms with Gasteiger partial charge in [-0.15, -0.1) is 0 Å². The first-order chi connectivity index (χ1) is 11.9. The fourth-order valence-electron chi connectivity index (χ4n) is 8.68. The Balaban J connectivity index is 1.57. The summed E-state index contributed by atoms with van der Waals surface area (Å²) in [5.74, 6) is 6.00. The van der Waals surface area contributed by atoms with Crippen LogP contribution in [0.15, 0.2) is 0 Å². The molecule has 25 heavy (non-hydrogen) atoms. The predicted molar refractivity (Wildman–Crippen MR) is 104 cm³/mol. The van der Waals surface area contributed by atoms with Gasteiger partial charge in [0.2, 0.25) is 0 Å². The molecule has 4 aliphatic carbocycles. The summed E-state index contributed by atoms with van der Waals surface area (Å²) in [5.41, 5.74) is 1.09. The van der Waals surface area contributed by atoms with E-state index < -0.39 is 0 Å². The molecular weight excluding hydrogens is 304 g/mol. The van der Waals surface area contributed by atoms with Crippen molar-refractivity contribution in [2.75, 3.05) is 0 Å². The molecule has 142 valence electrons. The summed E-state index contributed by atoms with van der Waals surface area (Å²) in [6.07, 6.45) is 14.4. The van der Waals surface area contributed by atoms with Crippen molar-refractivity contribution in [3.8, 4) is 0 Å². The number of carbonyl (C=O) groups is 1. The Labute approximate surface area is 155 Å². The maximum Gasteiger partial charge on any atom is 0.133 e. The van der Waals surface area contributed by atoms with Crippen LogP contribution in [0, 0.1) is 46.3 Å². The number of Topliss-reactive ketones (excluding diaryl/α,β-unsaturated/α-hetero) is 1. The summed E-state index contributed by atoms with van der Waals surface area (Å²) in [6, 6.07) is 0. The Morgan fingerprint density at radius 2 is 1.76 bits per heavy atom. The summed E-state index contributed by atoms with van der Waals surface area (Å²) in [4.78, 5) is 12.0. The van der Waals surface area contributed by atoms with Gasteiger partial charge in [-0.25, -0.2) is 0 Å². The van der Waals surface area contributed by atoms with Crippen molar-refractivity contribution in [2.45, 2.75) is 98.3 Å². The monoisotopic (exact) mass is 344 g/mol. The normalized spacial score (nSPS) is 50.7. The van der Waals surface area contributed by atoms with Crippen LogP contribution >= 0.6 is 0 Å². The molecule has 1 nitrogen and oxygen atoms in total. The van der Waals surface area contributed by atoms with Gasteiger partial charge in [-0.05, 0) is 91.3 Å². The number of hydrogen-bond acceptors (Lipinski definition) is 1. The summed E-state index contributed by atoms with van der Waals surface area (Å²) < 4.78 is 0. The minimum absolute atomic E-state index is 0.477. The fourth-order valence-corrected chi connectivity index (χ4v) is 8.68. The Morgan fingerprint density at radius 3 is 2.52 bits per heavy atom. The maximum absolute atomic E-state index is 12.0. The van der Waals surface area contributed by atoms with E-state index in [0.29, 0.717) is 22.5 Å². The molecule has 0 N–H and O–H groups in total. The highest BCUT2D eigenvalue weighted by molar-refractivity contribution is 5.79. The molecule has 0 aromatic heterocycles. The summed E-state index contributed by atoms with van der Waals surface area (Å²) >= 11 is 0.